The fourth-order valence-corrected chi connectivity index (χ4v) is 2.61. The van der Waals surface area contributed by atoms with Gasteiger partial charge in [-0.3, -0.25) is 4.99 Å². The Morgan fingerprint density at radius 1 is 1.32 bits per heavy atom. The van der Waals surface area contributed by atoms with Crippen molar-refractivity contribution in [3.63, 3.8) is 0 Å². The quantitative estimate of drug-likeness (QED) is 0.880. The zero-order chi connectivity index (χ0) is 16.7. The van der Waals surface area contributed by atoms with Gasteiger partial charge in [0.05, 0.1) is 23.9 Å². The molecule has 0 saturated heterocycles. The summed E-state index contributed by atoms with van der Waals surface area (Å²) in [4.78, 5) is 4.50. The lowest BCUT2D eigenvalue weighted by atomic mass is 9.83. The fraction of sp³-hybridized carbons (Fsp3) is 0.611. The highest BCUT2D eigenvalue weighted by molar-refractivity contribution is 6.06. The minimum Gasteiger partial charge on any atom is -0.507 e. The van der Waals surface area contributed by atoms with E-state index in [0.717, 1.165) is 11.3 Å². The average Bonchev–Trinajstić information content (AvgIpc) is 2.32. The van der Waals surface area contributed by atoms with E-state index in [9.17, 15) is 10.2 Å². The molecule has 4 nitrogen and oxygen atoms in total. The maximum absolute atomic E-state index is 10.5. The molecule has 0 fully saturated rings. The van der Waals surface area contributed by atoms with E-state index in [2.05, 4.69) is 25.8 Å². The number of aliphatic hydroxyl groups is 1. The van der Waals surface area contributed by atoms with Gasteiger partial charge in [-0.2, -0.15) is 0 Å². The highest BCUT2D eigenvalue weighted by Crippen LogP contribution is 2.41. The van der Waals surface area contributed by atoms with E-state index in [0.29, 0.717) is 24.3 Å². The van der Waals surface area contributed by atoms with Crippen LogP contribution in [0.1, 0.15) is 59.1 Å². The summed E-state index contributed by atoms with van der Waals surface area (Å²) in [6.07, 6.45) is 0.104. The van der Waals surface area contributed by atoms with E-state index in [1.54, 1.807) is 13.0 Å². The first-order valence-electron chi connectivity index (χ1n) is 7.78. The molecule has 0 radical (unpaired) electrons. The lowest BCUT2D eigenvalue weighted by Gasteiger charge is -2.35. The van der Waals surface area contributed by atoms with Crippen LogP contribution in [0.3, 0.4) is 0 Å². The van der Waals surface area contributed by atoms with Gasteiger partial charge in [0.15, 0.2) is 0 Å². The first-order valence-corrected chi connectivity index (χ1v) is 7.78. The standard InChI is InChI=1S/C18H27NO3/c1-11(20)10-19-13-9-18(5,6)22-15-8-12(17(2,3)4)7-14(21)16(13)15/h7-8,11,20-21H,9-10H2,1-6H3. The van der Waals surface area contributed by atoms with Crippen molar-refractivity contribution in [1.82, 2.24) is 0 Å². The van der Waals surface area contributed by atoms with Crippen molar-refractivity contribution in [3.05, 3.63) is 23.3 Å². The van der Waals surface area contributed by atoms with Crippen LogP contribution in [0.15, 0.2) is 17.1 Å². The number of aromatic hydroxyl groups is 1. The molecule has 22 heavy (non-hydrogen) atoms. The van der Waals surface area contributed by atoms with E-state index in [1.165, 1.54) is 0 Å². The average molecular weight is 305 g/mol. The molecular formula is C18H27NO3. The third kappa shape index (κ3) is 3.61. The molecular weight excluding hydrogens is 278 g/mol. The molecule has 1 aromatic carbocycles. The topological polar surface area (TPSA) is 62.1 Å². The van der Waals surface area contributed by atoms with Crippen molar-refractivity contribution in [2.75, 3.05) is 6.54 Å². The summed E-state index contributed by atoms with van der Waals surface area (Å²) in [7, 11) is 0. The van der Waals surface area contributed by atoms with Crippen molar-refractivity contribution in [3.8, 4) is 11.5 Å². The number of fused-ring (bicyclic) bond motifs is 1. The van der Waals surface area contributed by atoms with Gasteiger partial charge in [0.25, 0.3) is 0 Å². The Kier molecular flexibility index (Phi) is 4.26. The molecule has 1 aliphatic heterocycles. The van der Waals surface area contributed by atoms with Crippen LogP contribution in [-0.4, -0.2) is 34.2 Å². The van der Waals surface area contributed by atoms with Gasteiger partial charge in [-0.15, -0.1) is 0 Å². The SMILES string of the molecule is CC(O)CN=C1CC(C)(C)Oc2cc(C(C)(C)C)cc(O)c21. The first kappa shape index (κ1) is 16.8. The summed E-state index contributed by atoms with van der Waals surface area (Å²) < 4.78 is 6.07. The monoisotopic (exact) mass is 305 g/mol. The van der Waals surface area contributed by atoms with Gasteiger partial charge in [-0.25, -0.2) is 0 Å². The molecule has 0 aromatic heterocycles. The molecule has 0 spiro atoms. The number of phenols is 1. The van der Waals surface area contributed by atoms with E-state index in [-0.39, 0.29) is 16.8 Å². The Bertz CT molecular complexity index is 595. The summed E-state index contributed by atoms with van der Waals surface area (Å²) in [6, 6.07) is 3.78. The van der Waals surface area contributed by atoms with Crippen LogP contribution in [0.5, 0.6) is 11.5 Å². The smallest absolute Gasteiger partial charge is 0.133 e. The van der Waals surface area contributed by atoms with Gasteiger partial charge in [0.2, 0.25) is 0 Å². The van der Waals surface area contributed by atoms with Crippen molar-refractivity contribution in [2.45, 2.75) is 65.1 Å². The van der Waals surface area contributed by atoms with Crippen molar-refractivity contribution in [2.24, 2.45) is 4.99 Å². The minimum atomic E-state index is -0.502. The lowest BCUT2D eigenvalue weighted by molar-refractivity contribution is 0.110. The minimum absolute atomic E-state index is 0.0750. The molecule has 1 aromatic rings. The summed E-state index contributed by atoms with van der Waals surface area (Å²) in [5.41, 5.74) is 2.02. The van der Waals surface area contributed by atoms with Crippen LogP contribution >= 0.6 is 0 Å². The van der Waals surface area contributed by atoms with Crippen LogP contribution in [0.2, 0.25) is 0 Å². The summed E-state index contributed by atoms with van der Waals surface area (Å²) in [5, 5.41) is 20.0. The number of nitrogens with zero attached hydrogens (tertiary/aromatic N) is 1. The normalized spacial score (nSPS) is 20.4. The van der Waals surface area contributed by atoms with Crippen LogP contribution in [0, 0.1) is 0 Å². The zero-order valence-corrected chi connectivity index (χ0v) is 14.4. The predicted octanol–water partition coefficient (Wildman–Crippen LogP) is 3.42. The second-order valence-corrected chi connectivity index (χ2v) is 7.79. The molecule has 122 valence electrons. The molecule has 1 unspecified atom stereocenters. The molecule has 1 aliphatic rings. The highest BCUT2D eigenvalue weighted by Gasteiger charge is 2.34. The number of ether oxygens (including phenoxy) is 1. The van der Waals surface area contributed by atoms with Gasteiger partial charge in [0.1, 0.15) is 17.1 Å². The van der Waals surface area contributed by atoms with Crippen LogP contribution in [0.25, 0.3) is 0 Å². The Labute approximate surface area is 132 Å². The second-order valence-electron chi connectivity index (χ2n) is 7.79. The number of phenolic OH excluding ortho intramolecular Hbond substituents is 1. The van der Waals surface area contributed by atoms with Gasteiger partial charge in [-0.05, 0) is 43.9 Å². The molecule has 0 aliphatic carbocycles. The van der Waals surface area contributed by atoms with E-state index < -0.39 is 6.10 Å². The molecule has 2 N–H and O–H groups in total. The summed E-state index contributed by atoms with van der Waals surface area (Å²) >= 11 is 0. The second kappa shape index (κ2) is 5.58. The third-order valence-corrected chi connectivity index (χ3v) is 3.76. The molecule has 0 bridgehead atoms. The molecule has 1 heterocycles. The summed E-state index contributed by atoms with van der Waals surface area (Å²) in [6.45, 7) is 12.4. The maximum atomic E-state index is 10.5. The zero-order valence-electron chi connectivity index (χ0n) is 14.4. The van der Waals surface area contributed by atoms with Gasteiger partial charge < -0.3 is 14.9 Å². The molecule has 0 amide bonds. The maximum Gasteiger partial charge on any atom is 0.133 e. The lowest BCUT2D eigenvalue weighted by Crippen LogP contribution is -2.36. The Hall–Kier alpha value is -1.55. The van der Waals surface area contributed by atoms with Crippen LogP contribution < -0.4 is 4.74 Å². The van der Waals surface area contributed by atoms with E-state index >= 15 is 0 Å². The van der Waals surface area contributed by atoms with Crippen LogP contribution in [-0.2, 0) is 5.41 Å². The van der Waals surface area contributed by atoms with E-state index in [1.807, 2.05) is 19.9 Å². The third-order valence-electron chi connectivity index (χ3n) is 3.76. The molecule has 2 rings (SSSR count). The largest absolute Gasteiger partial charge is 0.507 e. The van der Waals surface area contributed by atoms with Gasteiger partial charge in [0, 0.05) is 6.42 Å². The Balaban J connectivity index is 2.56. The first-order chi connectivity index (χ1) is 9.99. The molecule has 1 atom stereocenters. The van der Waals surface area contributed by atoms with Crippen molar-refractivity contribution < 1.29 is 14.9 Å². The Morgan fingerprint density at radius 2 is 1.95 bits per heavy atom. The van der Waals surface area contributed by atoms with Crippen molar-refractivity contribution in [1.29, 1.82) is 0 Å². The number of hydrogen-bond acceptors (Lipinski definition) is 4. The number of aliphatic hydroxyl groups excluding tert-OH is 1. The predicted molar refractivity (Wildman–Crippen MR) is 89.2 cm³/mol. The van der Waals surface area contributed by atoms with Crippen molar-refractivity contribution >= 4 is 5.71 Å². The highest BCUT2D eigenvalue weighted by atomic mass is 16.5. The number of aliphatic imine (C=N–C) groups is 1. The van der Waals surface area contributed by atoms with Gasteiger partial charge >= 0.3 is 0 Å². The number of hydrogen-bond donors (Lipinski definition) is 2. The molecule has 0 saturated carbocycles. The van der Waals surface area contributed by atoms with Gasteiger partial charge in [-0.1, -0.05) is 20.8 Å². The molecule has 4 heteroatoms. The fourth-order valence-electron chi connectivity index (χ4n) is 2.61. The Morgan fingerprint density at radius 3 is 2.50 bits per heavy atom. The summed E-state index contributed by atoms with van der Waals surface area (Å²) in [5.74, 6) is 0.868. The van der Waals surface area contributed by atoms with Crippen LogP contribution in [0.4, 0.5) is 0 Å². The number of benzene rings is 1. The van der Waals surface area contributed by atoms with E-state index in [4.69, 9.17) is 4.74 Å². The number of rotatable bonds is 2.